The van der Waals surface area contributed by atoms with Crippen molar-refractivity contribution in [2.45, 2.75) is 33.6 Å². The monoisotopic (exact) mass is 372 g/mol. The van der Waals surface area contributed by atoms with E-state index in [1.165, 1.54) is 13.8 Å². The van der Waals surface area contributed by atoms with Gasteiger partial charge in [0, 0.05) is 0 Å². The minimum absolute atomic E-state index is 0.0945. The molecule has 0 atom stereocenters. The first-order chi connectivity index (χ1) is 12.2. The van der Waals surface area contributed by atoms with Crippen molar-refractivity contribution < 1.29 is 32.2 Å². The lowest BCUT2D eigenvalue weighted by Gasteiger charge is -2.13. The predicted molar refractivity (Wildman–Crippen MR) is 84.1 cm³/mol. The fraction of sp³-hybridized carbons (Fsp3) is 0.353. The fourth-order valence-electron chi connectivity index (χ4n) is 2.39. The van der Waals surface area contributed by atoms with E-state index in [1.54, 1.807) is 0 Å². The van der Waals surface area contributed by atoms with Crippen LogP contribution in [-0.2, 0) is 0 Å². The normalized spacial score (nSPS) is 10.9. The number of halogens is 4. The highest BCUT2D eigenvalue weighted by Crippen LogP contribution is 2.35. The second kappa shape index (κ2) is 7.67. The standard InChI is InChI=1S/C17H16F4N2O3/c1-4-5-6-26-15-13(20)11(18)10(12(19)14(15)21)16-22-7(2)9(17(24)25)8(3)23-16/h4-6H2,1-3H3,(H,24,25). The molecule has 1 N–H and O–H groups in total. The van der Waals surface area contributed by atoms with Crippen LogP contribution in [0.3, 0.4) is 0 Å². The lowest BCUT2D eigenvalue weighted by atomic mass is 10.1. The van der Waals surface area contributed by atoms with E-state index in [2.05, 4.69) is 9.97 Å². The Morgan fingerprint density at radius 2 is 1.50 bits per heavy atom. The van der Waals surface area contributed by atoms with Gasteiger partial charge in [0.2, 0.25) is 11.6 Å². The van der Waals surface area contributed by atoms with Crippen LogP contribution in [0.15, 0.2) is 0 Å². The Bertz CT molecular complexity index is 820. The lowest BCUT2D eigenvalue weighted by molar-refractivity contribution is 0.0694. The average molecular weight is 372 g/mol. The van der Waals surface area contributed by atoms with Crippen LogP contribution in [0, 0.1) is 37.1 Å². The second-order valence-electron chi connectivity index (χ2n) is 5.56. The molecule has 0 fully saturated rings. The summed E-state index contributed by atoms with van der Waals surface area (Å²) in [6.07, 6.45) is 1.11. The highest BCUT2D eigenvalue weighted by atomic mass is 19.2. The lowest BCUT2D eigenvalue weighted by Crippen LogP contribution is -2.12. The molecule has 0 aliphatic carbocycles. The van der Waals surface area contributed by atoms with Crippen molar-refractivity contribution in [3.8, 4) is 17.1 Å². The van der Waals surface area contributed by atoms with E-state index in [9.17, 15) is 22.4 Å². The predicted octanol–water partition coefficient (Wildman–Crippen LogP) is 4.19. The first-order valence-corrected chi connectivity index (χ1v) is 7.78. The van der Waals surface area contributed by atoms with Gasteiger partial charge in [-0.25, -0.2) is 23.5 Å². The zero-order chi connectivity index (χ0) is 19.6. The molecule has 0 saturated carbocycles. The summed E-state index contributed by atoms with van der Waals surface area (Å²) in [6.45, 7) is 4.27. The molecule has 0 bridgehead atoms. The van der Waals surface area contributed by atoms with E-state index < -0.39 is 46.4 Å². The molecule has 0 radical (unpaired) electrons. The summed E-state index contributed by atoms with van der Waals surface area (Å²) in [5, 5.41) is 9.08. The summed E-state index contributed by atoms with van der Waals surface area (Å²) in [6, 6.07) is 0. The summed E-state index contributed by atoms with van der Waals surface area (Å²) in [4.78, 5) is 18.5. The van der Waals surface area contributed by atoms with Gasteiger partial charge in [0.15, 0.2) is 23.2 Å². The number of aryl methyl sites for hydroxylation is 2. The third kappa shape index (κ3) is 3.47. The molecule has 1 heterocycles. The largest absolute Gasteiger partial charge is 0.487 e. The van der Waals surface area contributed by atoms with Gasteiger partial charge in [-0.1, -0.05) is 13.3 Å². The van der Waals surface area contributed by atoms with Gasteiger partial charge in [0.1, 0.15) is 5.56 Å². The van der Waals surface area contributed by atoms with Gasteiger partial charge in [-0.2, -0.15) is 8.78 Å². The van der Waals surface area contributed by atoms with Gasteiger partial charge in [0.25, 0.3) is 0 Å². The van der Waals surface area contributed by atoms with Crippen molar-refractivity contribution in [3.05, 3.63) is 40.2 Å². The SMILES string of the molecule is CCCCOc1c(F)c(F)c(-c2nc(C)c(C(=O)O)c(C)n2)c(F)c1F. The molecule has 0 amide bonds. The van der Waals surface area contributed by atoms with Crippen LogP contribution < -0.4 is 4.74 Å². The van der Waals surface area contributed by atoms with E-state index in [-0.39, 0.29) is 23.6 Å². The van der Waals surface area contributed by atoms with Crippen LogP contribution in [0.25, 0.3) is 11.4 Å². The molecular weight excluding hydrogens is 356 g/mol. The summed E-state index contributed by atoms with van der Waals surface area (Å²) in [7, 11) is 0. The van der Waals surface area contributed by atoms with Crippen LogP contribution in [0.5, 0.6) is 5.75 Å². The van der Waals surface area contributed by atoms with Gasteiger partial charge >= 0.3 is 5.97 Å². The minimum atomic E-state index is -1.71. The smallest absolute Gasteiger partial charge is 0.339 e. The first kappa shape index (κ1) is 19.6. The van der Waals surface area contributed by atoms with E-state index in [4.69, 9.17) is 9.84 Å². The third-order valence-corrected chi connectivity index (χ3v) is 3.68. The zero-order valence-corrected chi connectivity index (χ0v) is 14.3. The number of carboxylic acid groups (broad SMARTS) is 1. The summed E-state index contributed by atoms with van der Waals surface area (Å²) in [5.41, 5.74) is -1.56. The quantitative estimate of drug-likeness (QED) is 0.468. The molecule has 0 spiro atoms. The number of unbranched alkanes of at least 4 members (excludes halogenated alkanes) is 1. The molecule has 0 aliphatic heterocycles. The second-order valence-corrected chi connectivity index (χ2v) is 5.56. The molecule has 5 nitrogen and oxygen atoms in total. The van der Waals surface area contributed by atoms with Gasteiger partial charge in [-0.15, -0.1) is 0 Å². The molecule has 0 unspecified atom stereocenters. The van der Waals surface area contributed by atoms with Gasteiger partial charge < -0.3 is 9.84 Å². The number of hydrogen-bond acceptors (Lipinski definition) is 4. The summed E-state index contributed by atoms with van der Waals surface area (Å²) >= 11 is 0. The van der Waals surface area contributed by atoms with E-state index in [0.29, 0.717) is 12.8 Å². The Labute approximate surface area is 146 Å². The van der Waals surface area contributed by atoms with Crippen molar-refractivity contribution in [2.24, 2.45) is 0 Å². The number of ether oxygens (including phenoxy) is 1. The highest BCUT2D eigenvalue weighted by Gasteiger charge is 2.30. The number of aromatic carboxylic acids is 1. The Morgan fingerprint density at radius 1 is 1.00 bits per heavy atom. The Hall–Kier alpha value is -2.71. The molecule has 26 heavy (non-hydrogen) atoms. The number of benzene rings is 1. The van der Waals surface area contributed by atoms with E-state index in [0.717, 1.165) is 0 Å². The van der Waals surface area contributed by atoms with Crippen molar-refractivity contribution in [3.63, 3.8) is 0 Å². The summed E-state index contributed by atoms with van der Waals surface area (Å²) < 4.78 is 61.9. The molecule has 0 aliphatic rings. The number of aromatic nitrogens is 2. The number of carbonyl (C=O) groups is 1. The Kier molecular flexibility index (Phi) is 5.79. The maximum Gasteiger partial charge on any atom is 0.339 e. The van der Waals surface area contributed by atoms with Crippen molar-refractivity contribution in [1.82, 2.24) is 9.97 Å². The molecule has 9 heteroatoms. The number of hydrogen-bond donors (Lipinski definition) is 1. The molecule has 2 aromatic rings. The Morgan fingerprint density at radius 3 is 1.92 bits per heavy atom. The van der Waals surface area contributed by atoms with E-state index >= 15 is 0 Å². The number of carboxylic acids is 1. The molecular formula is C17H16F4N2O3. The maximum atomic E-state index is 14.4. The van der Waals surface area contributed by atoms with Gasteiger partial charge in [-0.05, 0) is 20.3 Å². The van der Waals surface area contributed by atoms with Crippen LogP contribution in [0.4, 0.5) is 17.6 Å². The van der Waals surface area contributed by atoms with Crippen LogP contribution >= 0.6 is 0 Å². The van der Waals surface area contributed by atoms with Gasteiger partial charge in [0.05, 0.1) is 23.6 Å². The van der Waals surface area contributed by atoms with Crippen LogP contribution in [0.2, 0.25) is 0 Å². The minimum Gasteiger partial charge on any atom is -0.487 e. The van der Waals surface area contributed by atoms with Crippen molar-refractivity contribution >= 4 is 5.97 Å². The van der Waals surface area contributed by atoms with E-state index in [1.807, 2.05) is 6.92 Å². The van der Waals surface area contributed by atoms with Crippen molar-refractivity contribution in [2.75, 3.05) is 6.61 Å². The number of nitrogens with zero attached hydrogens (tertiary/aromatic N) is 2. The van der Waals surface area contributed by atoms with Gasteiger partial charge in [-0.3, -0.25) is 0 Å². The maximum absolute atomic E-state index is 14.4. The zero-order valence-electron chi connectivity index (χ0n) is 14.3. The first-order valence-electron chi connectivity index (χ1n) is 7.78. The highest BCUT2D eigenvalue weighted by molar-refractivity contribution is 5.90. The average Bonchev–Trinajstić information content (AvgIpc) is 2.55. The molecule has 2 rings (SSSR count). The number of rotatable bonds is 6. The third-order valence-electron chi connectivity index (χ3n) is 3.68. The molecule has 140 valence electrons. The Balaban J connectivity index is 2.63. The van der Waals surface area contributed by atoms with Crippen LogP contribution in [-0.4, -0.2) is 27.7 Å². The summed E-state index contributed by atoms with van der Waals surface area (Å²) in [5.74, 6) is -9.95. The van der Waals surface area contributed by atoms with Crippen LogP contribution in [0.1, 0.15) is 41.5 Å². The molecule has 1 aromatic carbocycles. The topological polar surface area (TPSA) is 72.3 Å². The molecule has 1 aromatic heterocycles. The molecule has 0 saturated heterocycles. The fourth-order valence-corrected chi connectivity index (χ4v) is 2.39. The van der Waals surface area contributed by atoms with Crippen molar-refractivity contribution in [1.29, 1.82) is 0 Å².